The maximum atomic E-state index is 11.0. The summed E-state index contributed by atoms with van der Waals surface area (Å²) in [7, 11) is 3.28. The minimum absolute atomic E-state index is 0.357. The summed E-state index contributed by atoms with van der Waals surface area (Å²) in [5.41, 5.74) is 2.38. The van der Waals surface area contributed by atoms with Gasteiger partial charge in [-0.25, -0.2) is 14.6 Å². The summed E-state index contributed by atoms with van der Waals surface area (Å²) in [6.45, 7) is 1.69. The number of hydrogen-bond acceptors (Lipinski definition) is 3. The molecule has 0 heterocycles. The highest BCUT2D eigenvalue weighted by atomic mass is 16.4. The van der Waals surface area contributed by atoms with Crippen molar-refractivity contribution in [3.63, 3.8) is 0 Å². The minimum Gasteiger partial charge on any atom is -0.480 e. The van der Waals surface area contributed by atoms with Crippen LogP contribution in [-0.2, 0) is 4.79 Å². The summed E-state index contributed by atoms with van der Waals surface area (Å²) in [5.74, 6) is -1.03. The number of urea groups is 1. The molecule has 13 heavy (non-hydrogen) atoms. The van der Waals surface area contributed by atoms with Gasteiger partial charge in [0.25, 0.3) is 0 Å². The van der Waals surface area contributed by atoms with Crippen LogP contribution in [0.15, 0.2) is 0 Å². The molecule has 6 nitrogen and oxygen atoms in total. The average Bonchev–Trinajstić information content (AvgIpc) is 1.98. The van der Waals surface area contributed by atoms with E-state index in [9.17, 15) is 9.59 Å². The first kappa shape index (κ1) is 11.7. The van der Waals surface area contributed by atoms with E-state index in [2.05, 4.69) is 10.7 Å². The topological polar surface area (TPSA) is 81.7 Å². The van der Waals surface area contributed by atoms with E-state index in [1.807, 2.05) is 0 Å². The molecule has 0 fully saturated rings. The highest BCUT2D eigenvalue weighted by Gasteiger charge is 2.17. The molecule has 0 saturated carbocycles. The lowest BCUT2D eigenvalue weighted by Crippen LogP contribution is -2.49. The van der Waals surface area contributed by atoms with E-state index in [4.69, 9.17) is 5.11 Å². The summed E-state index contributed by atoms with van der Waals surface area (Å²) in [6.07, 6.45) is 0.357. The molecule has 0 saturated heterocycles. The van der Waals surface area contributed by atoms with Crippen LogP contribution in [0.2, 0.25) is 0 Å². The fourth-order valence-corrected chi connectivity index (χ4v) is 0.732. The van der Waals surface area contributed by atoms with E-state index < -0.39 is 18.0 Å². The van der Waals surface area contributed by atoms with Gasteiger partial charge in [0.05, 0.1) is 0 Å². The van der Waals surface area contributed by atoms with Crippen LogP contribution in [0.3, 0.4) is 0 Å². The fraction of sp³-hybridized carbons (Fsp3) is 0.714. The molecule has 2 amide bonds. The van der Waals surface area contributed by atoms with Gasteiger partial charge in [0, 0.05) is 14.1 Å². The molecule has 76 valence electrons. The zero-order valence-corrected chi connectivity index (χ0v) is 8.00. The number of hydrogen-bond donors (Lipinski definition) is 3. The predicted molar refractivity (Wildman–Crippen MR) is 47.1 cm³/mol. The van der Waals surface area contributed by atoms with Crippen molar-refractivity contribution in [2.75, 3.05) is 14.1 Å². The molecule has 0 aromatic carbocycles. The van der Waals surface area contributed by atoms with Crippen molar-refractivity contribution < 1.29 is 14.7 Å². The maximum Gasteiger partial charge on any atom is 0.330 e. The summed E-state index contributed by atoms with van der Waals surface area (Å²) in [4.78, 5) is 21.5. The van der Waals surface area contributed by atoms with E-state index in [0.29, 0.717) is 6.42 Å². The number of aliphatic carboxylic acids is 1. The molecule has 0 bridgehead atoms. The molecule has 0 aliphatic carbocycles. The van der Waals surface area contributed by atoms with Crippen LogP contribution in [0.4, 0.5) is 4.79 Å². The van der Waals surface area contributed by atoms with Gasteiger partial charge in [0.1, 0.15) is 6.04 Å². The first-order valence-electron chi connectivity index (χ1n) is 3.94. The predicted octanol–water partition coefficient (Wildman–Crippen LogP) is -0.375. The third-order valence-electron chi connectivity index (χ3n) is 1.34. The van der Waals surface area contributed by atoms with Crippen LogP contribution in [0.25, 0.3) is 0 Å². The number of hydrazine groups is 1. The summed E-state index contributed by atoms with van der Waals surface area (Å²) in [6, 6.07) is -1.35. The van der Waals surface area contributed by atoms with Crippen LogP contribution < -0.4 is 10.7 Å². The Balaban J connectivity index is 3.94. The van der Waals surface area contributed by atoms with Crippen molar-refractivity contribution in [2.45, 2.75) is 19.4 Å². The molecule has 1 atom stereocenters. The summed E-state index contributed by atoms with van der Waals surface area (Å²) < 4.78 is 0. The molecule has 0 aliphatic rings. The third-order valence-corrected chi connectivity index (χ3v) is 1.34. The van der Waals surface area contributed by atoms with E-state index in [0.717, 1.165) is 0 Å². The highest BCUT2D eigenvalue weighted by Crippen LogP contribution is 1.89. The van der Waals surface area contributed by atoms with E-state index in [-0.39, 0.29) is 0 Å². The Kier molecular flexibility index (Phi) is 4.83. The van der Waals surface area contributed by atoms with E-state index in [1.165, 1.54) is 5.01 Å². The second-order valence-electron chi connectivity index (χ2n) is 2.78. The largest absolute Gasteiger partial charge is 0.480 e. The van der Waals surface area contributed by atoms with Gasteiger partial charge in [-0.1, -0.05) is 6.92 Å². The average molecular weight is 189 g/mol. The smallest absolute Gasteiger partial charge is 0.330 e. The normalized spacial score (nSPS) is 12.3. The van der Waals surface area contributed by atoms with Gasteiger partial charge in [-0.05, 0) is 6.42 Å². The standard InChI is InChI=1S/C7H15N3O3/c1-4-5(6(11)12)8-7(13)9-10(2)3/h5H,4H2,1-3H3,(H,11,12)(H2,8,9,13)/t5-/m1/s1. The highest BCUT2D eigenvalue weighted by molar-refractivity contribution is 5.82. The second-order valence-corrected chi connectivity index (χ2v) is 2.78. The van der Waals surface area contributed by atoms with Gasteiger partial charge < -0.3 is 10.4 Å². The van der Waals surface area contributed by atoms with Gasteiger partial charge in [0.2, 0.25) is 0 Å². The quantitative estimate of drug-likeness (QED) is 0.527. The first-order valence-corrected chi connectivity index (χ1v) is 3.94. The Morgan fingerprint density at radius 1 is 1.46 bits per heavy atom. The Morgan fingerprint density at radius 2 is 2.00 bits per heavy atom. The van der Waals surface area contributed by atoms with Crippen molar-refractivity contribution in [2.24, 2.45) is 0 Å². The van der Waals surface area contributed by atoms with Crippen LogP contribution in [-0.4, -0.2) is 42.3 Å². The molecule has 6 heteroatoms. The van der Waals surface area contributed by atoms with Crippen LogP contribution in [0.5, 0.6) is 0 Å². The second kappa shape index (κ2) is 5.36. The van der Waals surface area contributed by atoms with Crippen molar-refractivity contribution >= 4 is 12.0 Å². The zero-order valence-electron chi connectivity index (χ0n) is 8.00. The van der Waals surface area contributed by atoms with Crippen LogP contribution in [0, 0.1) is 0 Å². The van der Waals surface area contributed by atoms with Crippen molar-refractivity contribution in [1.82, 2.24) is 15.8 Å². The van der Waals surface area contributed by atoms with Gasteiger partial charge in [-0.15, -0.1) is 0 Å². The number of nitrogens with one attached hydrogen (secondary N) is 2. The van der Waals surface area contributed by atoms with Crippen molar-refractivity contribution in [1.29, 1.82) is 0 Å². The number of rotatable bonds is 4. The molecule has 0 aliphatic heterocycles. The SMILES string of the molecule is CC[C@@H](NC(=O)NN(C)C)C(=O)O. The Labute approximate surface area is 76.9 Å². The maximum absolute atomic E-state index is 11.0. The van der Waals surface area contributed by atoms with Crippen molar-refractivity contribution in [3.8, 4) is 0 Å². The fourth-order valence-electron chi connectivity index (χ4n) is 0.732. The first-order chi connectivity index (χ1) is 5.97. The molecule has 0 unspecified atom stereocenters. The Bertz CT molecular complexity index is 193. The molecule has 3 N–H and O–H groups in total. The molecule has 0 radical (unpaired) electrons. The number of carboxylic acid groups (broad SMARTS) is 1. The molecule has 0 rings (SSSR count). The minimum atomic E-state index is -1.03. The van der Waals surface area contributed by atoms with E-state index >= 15 is 0 Å². The lowest BCUT2D eigenvalue weighted by molar-refractivity contribution is -0.139. The Hall–Kier alpha value is -1.30. The molecule has 0 spiro atoms. The number of amides is 2. The lowest BCUT2D eigenvalue weighted by atomic mass is 10.2. The molecule has 0 aromatic rings. The van der Waals surface area contributed by atoms with Gasteiger partial charge in [-0.3, -0.25) is 5.43 Å². The summed E-state index contributed by atoms with van der Waals surface area (Å²) >= 11 is 0. The zero-order chi connectivity index (χ0) is 10.4. The molecule has 0 aromatic heterocycles. The summed E-state index contributed by atoms with van der Waals surface area (Å²) in [5, 5.41) is 12.3. The van der Waals surface area contributed by atoms with E-state index in [1.54, 1.807) is 21.0 Å². The van der Waals surface area contributed by atoms with Gasteiger partial charge in [-0.2, -0.15) is 0 Å². The lowest BCUT2D eigenvalue weighted by Gasteiger charge is -2.16. The molecular formula is C7H15N3O3. The third kappa shape index (κ3) is 5.02. The monoisotopic (exact) mass is 189 g/mol. The number of carboxylic acids is 1. The van der Waals surface area contributed by atoms with Crippen LogP contribution >= 0.6 is 0 Å². The van der Waals surface area contributed by atoms with Gasteiger partial charge in [0.15, 0.2) is 0 Å². The number of carbonyl (C=O) groups excluding carboxylic acids is 1. The number of carbonyl (C=O) groups is 2. The Morgan fingerprint density at radius 3 is 2.31 bits per heavy atom. The van der Waals surface area contributed by atoms with Gasteiger partial charge >= 0.3 is 12.0 Å². The van der Waals surface area contributed by atoms with Crippen LogP contribution in [0.1, 0.15) is 13.3 Å². The number of nitrogens with zero attached hydrogens (tertiary/aromatic N) is 1. The van der Waals surface area contributed by atoms with Crippen molar-refractivity contribution in [3.05, 3.63) is 0 Å². The molecular weight excluding hydrogens is 174 g/mol.